The third kappa shape index (κ3) is 2.99. The van der Waals surface area contributed by atoms with Gasteiger partial charge in [0, 0.05) is 26.2 Å². The highest BCUT2D eigenvalue weighted by Crippen LogP contribution is 2.21. The number of ether oxygens (including phenoxy) is 1. The molecule has 0 spiro atoms. The fraction of sp³-hybridized carbons (Fsp3) is 0.625. The van der Waals surface area contributed by atoms with Gasteiger partial charge in [0.15, 0.2) is 0 Å². The zero-order chi connectivity index (χ0) is 13.1. The average Bonchev–Trinajstić information content (AvgIpc) is 2.85. The van der Waals surface area contributed by atoms with Gasteiger partial charge in [0.25, 0.3) is 0 Å². The summed E-state index contributed by atoms with van der Waals surface area (Å²) in [5.41, 5.74) is 4.51. The predicted molar refractivity (Wildman–Crippen MR) is 77.1 cm³/mol. The third-order valence-corrected chi connectivity index (χ3v) is 4.49. The number of nitrogens with one attached hydrogen (secondary N) is 2. The summed E-state index contributed by atoms with van der Waals surface area (Å²) in [7, 11) is 0. The van der Waals surface area contributed by atoms with Crippen LogP contribution in [0.1, 0.15) is 30.0 Å². The molecule has 0 bridgehead atoms. The molecule has 2 aliphatic heterocycles. The van der Waals surface area contributed by atoms with Crippen molar-refractivity contribution in [1.29, 1.82) is 0 Å². The fourth-order valence-corrected chi connectivity index (χ4v) is 3.21. The summed E-state index contributed by atoms with van der Waals surface area (Å²) in [6, 6.07) is 6.70. The van der Waals surface area contributed by atoms with Gasteiger partial charge in [-0.25, -0.2) is 0 Å². The monoisotopic (exact) mass is 260 g/mol. The van der Waals surface area contributed by atoms with E-state index in [9.17, 15) is 0 Å². The maximum Gasteiger partial charge on any atom is 0.0588 e. The molecule has 2 atom stereocenters. The third-order valence-electron chi connectivity index (χ3n) is 4.49. The Morgan fingerprint density at radius 3 is 3.21 bits per heavy atom. The van der Waals surface area contributed by atoms with Gasteiger partial charge in [-0.1, -0.05) is 18.2 Å². The molecule has 0 aromatic heterocycles. The summed E-state index contributed by atoms with van der Waals surface area (Å²) >= 11 is 0. The topological polar surface area (TPSA) is 33.3 Å². The Bertz CT molecular complexity index is 433. The molecule has 104 valence electrons. The molecule has 1 fully saturated rings. The zero-order valence-corrected chi connectivity index (χ0v) is 11.7. The predicted octanol–water partition coefficient (Wildman–Crippen LogP) is 1.85. The van der Waals surface area contributed by atoms with E-state index in [0.717, 1.165) is 39.2 Å². The molecule has 1 saturated heterocycles. The summed E-state index contributed by atoms with van der Waals surface area (Å²) in [5.74, 6) is 0.682. The molecule has 0 aliphatic carbocycles. The molecule has 1 aromatic rings. The first-order chi connectivity index (χ1) is 9.34. The largest absolute Gasteiger partial charge is 0.378 e. The van der Waals surface area contributed by atoms with Gasteiger partial charge in [-0.15, -0.1) is 0 Å². The van der Waals surface area contributed by atoms with Crippen LogP contribution in [0.2, 0.25) is 0 Å². The van der Waals surface area contributed by atoms with Crippen LogP contribution in [0, 0.1) is 5.92 Å². The summed E-state index contributed by atoms with van der Waals surface area (Å²) in [6.07, 6.45) is 2.78. The molecule has 3 heteroatoms. The van der Waals surface area contributed by atoms with Gasteiger partial charge in [0.2, 0.25) is 0 Å². The molecule has 2 aliphatic rings. The molecule has 2 heterocycles. The Hall–Kier alpha value is -0.900. The van der Waals surface area contributed by atoms with Crippen molar-refractivity contribution in [2.24, 2.45) is 5.92 Å². The van der Waals surface area contributed by atoms with Gasteiger partial charge in [0.1, 0.15) is 0 Å². The maximum atomic E-state index is 5.61. The molecule has 0 amide bonds. The number of benzene rings is 1. The molecule has 0 radical (unpaired) electrons. The Balaban J connectivity index is 1.58. The Morgan fingerprint density at radius 2 is 2.37 bits per heavy atom. The highest BCUT2D eigenvalue weighted by atomic mass is 16.5. The SMILES string of the molecule is CC1OCCC1CNCc1cccc2c1CCNC2. The average molecular weight is 260 g/mol. The second-order valence-electron chi connectivity index (χ2n) is 5.74. The summed E-state index contributed by atoms with van der Waals surface area (Å²) in [5, 5.41) is 7.06. The zero-order valence-electron chi connectivity index (χ0n) is 11.7. The highest BCUT2D eigenvalue weighted by molar-refractivity contribution is 5.36. The summed E-state index contributed by atoms with van der Waals surface area (Å²) < 4.78 is 5.61. The molecule has 2 unspecified atom stereocenters. The van der Waals surface area contributed by atoms with Gasteiger partial charge in [0.05, 0.1) is 6.10 Å². The van der Waals surface area contributed by atoms with Crippen LogP contribution in [0.5, 0.6) is 0 Å². The molecule has 19 heavy (non-hydrogen) atoms. The van der Waals surface area contributed by atoms with Gasteiger partial charge >= 0.3 is 0 Å². The van der Waals surface area contributed by atoms with Crippen LogP contribution in [0.15, 0.2) is 18.2 Å². The van der Waals surface area contributed by atoms with Crippen LogP contribution in [-0.2, 0) is 24.2 Å². The van der Waals surface area contributed by atoms with Crippen molar-refractivity contribution in [1.82, 2.24) is 10.6 Å². The standard InChI is InChI=1S/C16H24N2O/c1-12-13(6-8-19-12)9-18-11-15-4-2-3-14-10-17-7-5-16(14)15/h2-4,12-13,17-18H,5-11H2,1H3. The van der Waals surface area contributed by atoms with Crippen molar-refractivity contribution in [2.45, 2.75) is 39.0 Å². The van der Waals surface area contributed by atoms with Crippen molar-refractivity contribution in [2.75, 3.05) is 19.7 Å². The lowest BCUT2D eigenvalue weighted by atomic mass is 9.95. The highest BCUT2D eigenvalue weighted by Gasteiger charge is 2.23. The Kier molecular flexibility index (Phi) is 4.16. The Morgan fingerprint density at radius 1 is 1.42 bits per heavy atom. The molecule has 2 N–H and O–H groups in total. The number of fused-ring (bicyclic) bond motifs is 1. The molecule has 3 rings (SSSR count). The van der Waals surface area contributed by atoms with E-state index in [0.29, 0.717) is 12.0 Å². The maximum absolute atomic E-state index is 5.61. The van der Waals surface area contributed by atoms with Crippen molar-refractivity contribution < 1.29 is 4.74 Å². The van der Waals surface area contributed by atoms with Crippen LogP contribution in [0.25, 0.3) is 0 Å². The van der Waals surface area contributed by atoms with E-state index in [-0.39, 0.29) is 0 Å². The van der Waals surface area contributed by atoms with Crippen LogP contribution >= 0.6 is 0 Å². The quantitative estimate of drug-likeness (QED) is 0.867. The van der Waals surface area contributed by atoms with Crippen LogP contribution in [0.3, 0.4) is 0 Å². The summed E-state index contributed by atoms with van der Waals surface area (Å²) in [4.78, 5) is 0. The van der Waals surface area contributed by atoms with Crippen LogP contribution < -0.4 is 10.6 Å². The second-order valence-corrected chi connectivity index (χ2v) is 5.74. The van der Waals surface area contributed by atoms with E-state index < -0.39 is 0 Å². The molecular formula is C16H24N2O. The molecule has 1 aromatic carbocycles. The Labute approximate surface area is 115 Å². The van der Waals surface area contributed by atoms with Gasteiger partial charge < -0.3 is 15.4 Å². The van der Waals surface area contributed by atoms with E-state index in [2.05, 4.69) is 35.8 Å². The van der Waals surface area contributed by atoms with Gasteiger partial charge in [-0.05, 0) is 48.9 Å². The first-order valence-electron chi connectivity index (χ1n) is 7.47. The lowest BCUT2D eigenvalue weighted by Crippen LogP contribution is -2.29. The molecule has 0 saturated carbocycles. The van der Waals surface area contributed by atoms with Crippen molar-refractivity contribution in [3.05, 3.63) is 34.9 Å². The van der Waals surface area contributed by atoms with Crippen molar-refractivity contribution in [3.63, 3.8) is 0 Å². The normalized spacial score (nSPS) is 26.4. The van der Waals surface area contributed by atoms with Gasteiger partial charge in [-0.3, -0.25) is 0 Å². The molecular weight excluding hydrogens is 236 g/mol. The number of hydrogen-bond donors (Lipinski definition) is 2. The lowest BCUT2D eigenvalue weighted by Gasteiger charge is -2.21. The van der Waals surface area contributed by atoms with Gasteiger partial charge in [-0.2, -0.15) is 0 Å². The smallest absolute Gasteiger partial charge is 0.0588 e. The van der Waals surface area contributed by atoms with E-state index in [4.69, 9.17) is 4.74 Å². The first-order valence-corrected chi connectivity index (χ1v) is 7.47. The number of hydrogen-bond acceptors (Lipinski definition) is 3. The van der Waals surface area contributed by atoms with E-state index in [1.54, 1.807) is 5.56 Å². The molecule has 3 nitrogen and oxygen atoms in total. The minimum Gasteiger partial charge on any atom is -0.378 e. The minimum atomic E-state index is 0.418. The minimum absolute atomic E-state index is 0.418. The van der Waals surface area contributed by atoms with E-state index in [1.165, 1.54) is 17.5 Å². The van der Waals surface area contributed by atoms with Crippen LogP contribution in [-0.4, -0.2) is 25.8 Å². The second kappa shape index (κ2) is 6.04. The van der Waals surface area contributed by atoms with E-state index in [1.807, 2.05) is 0 Å². The lowest BCUT2D eigenvalue weighted by molar-refractivity contribution is 0.105. The fourth-order valence-electron chi connectivity index (χ4n) is 3.21. The van der Waals surface area contributed by atoms with Crippen molar-refractivity contribution >= 4 is 0 Å². The number of rotatable bonds is 4. The van der Waals surface area contributed by atoms with E-state index >= 15 is 0 Å². The van der Waals surface area contributed by atoms with Crippen molar-refractivity contribution in [3.8, 4) is 0 Å². The summed E-state index contributed by atoms with van der Waals surface area (Å²) in [6.45, 7) is 7.32. The first kappa shape index (κ1) is 13.1. The van der Waals surface area contributed by atoms with Crippen LogP contribution in [0.4, 0.5) is 0 Å².